The molecule has 1 fully saturated rings. The largest absolute Gasteiger partial charge is 0.480 e. The number of aromatic nitrogens is 6. The van der Waals surface area contributed by atoms with Gasteiger partial charge in [0.1, 0.15) is 18.3 Å². The van der Waals surface area contributed by atoms with Gasteiger partial charge in [-0.05, 0) is 12.1 Å². The number of methoxy groups -OCH3 is 2. The Morgan fingerprint density at radius 1 is 1.07 bits per heavy atom. The summed E-state index contributed by atoms with van der Waals surface area (Å²) in [5, 5.41) is 13.5. The van der Waals surface area contributed by atoms with Crippen LogP contribution in [-0.2, 0) is 6.54 Å². The van der Waals surface area contributed by atoms with Crippen molar-refractivity contribution in [3.8, 4) is 35.1 Å². The number of nitriles is 1. The van der Waals surface area contributed by atoms with Crippen molar-refractivity contribution < 1.29 is 36.2 Å². The fraction of sp³-hybridized carbons (Fsp3) is 0.333. The number of fused-ring (bicyclic) bond motifs is 1. The molecular formula is C24H19F5N8O3. The second kappa shape index (κ2) is 10.1. The number of halogens is 5. The second-order valence-corrected chi connectivity index (χ2v) is 8.73. The van der Waals surface area contributed by atoms with Crippen molar-refractivity contribution in [2.45, 2.75) is 24.7 Å². The average molecular weight is 562 g/mol. The summed E-state index contributed by atoms with van der Waals surface area (Å²) in [6, 6.07) is 5.90. The molecule has 0 aromatic carbocycles. The van der Waals surface area contributed by atoms with Crippen molar-refractivity contribution >= 4 is 16.6 Å². The molecule has 5 rings (SSSR count). The van der Waals surface area contributed by atoms with E-state index < -0.39 is 31.3 Å². The summed E-state index contributed by atoms with van der Waals surface area (Å²) < 4.78 is 85.3. The molecule has 208 valence electrons. The molecule has 1 atom stereocenters. The molecule has 0 bridgehead atoms. The number of rotatable bonds is 7. The smallest absolute Gasteiger partial charge is 0.408 e. The third kappa shape index (κ3) is 5.35. The van der Waals surface area contributed by atoms with Gasteiger partial charge in [-0.15, -0.1) is 0 Å². The van der Waals surface area contributed by atoms with Crippen LogP contribution in [0.15, 0.2) is 36.8 Å². The van der Waals surface area contributed by atoms with E-state index in [1.165, 1.54) is 49.8 Å². The normalized spacial score (nSPS) is 16.6. The minimum atomic E-state index is -4.53. The Bertz CT molecular complexity index is 1600. The molecule has 0 amide bonds. The van der Waals surface area contributed by atoms with Crippen LogP contribution in [0.1, 0.15) is 5.69 Å². The van der Waals surface area contributed by atoms with Crippen molar-refractivity contribution in [1.82, 2.24) is 29.7 Å². The number of anilines is 1. The van der Waals surface area contributed by atoms with E-state index in [0.29, 0.717) is 15.6 Å². The van der Waals surface area contributed by atoms with Crippen LogP contribution in [-0.4, -0.2) is 75.2 Å². The van der Waals surface area contributed by atoms with Crippen LogP contribution in [0.4, 0.5) is 27.6 Å². The molecular weight excluding hydrogens is 543 g/mol. The second-order valence-electron chi connectivity index (χ2n) is 8.73. The lowest BCUT2D eigenvalue weighted by Gasteiger charge is -2.19. The number of hydrogen-bond acceptors (Lipinski definition) is 10. The SMILES string of the molecule is COc1ncc(-c2cc(N3C[C@H](Oc4cc5c(cn4)cnn5CC(F)(F)F)C(F)(F)C3)cc(C#N)n2)c(OC)n1. The van der Waals surface area contributed by atoms with E-state index in [9.17, 15) is 18.4 Å². The maximum Gasteiger partial charge on any atom is 0.408 e. The van der Waals surface area contributed by atoms with E-state index in [1.54, 1.807) is 0 Å². The molecule has 5 heterocycles. The molecule has 0 saturated carbocycles. The van der Waals surface area contributed by atoms with Crippen molar-refractivity contribution in [3.05, 3.63) is 42.5 Å². The van der Waals surface area contributed by atoms with Gasteiger partial charge in [0.2, 0.25) is 11.8 Å². The molecule has 0 N–H and O–H groups in total. The zero-order valence-electron chi connectivity index (χ0n) is 20.9. The first kappa shape index (κ1) is 26.8. The highest BCUT2D eigenvalue weighted by molar-refractivity contribution is 5.78. The van der Waals surface area contributed by atoms with Gasteiger partial charge in [0, 0.05) is 29.5 Å². The van der Waals surface area contributed by atoms with Gasteiger partial charge < -0.3 is 19.1 Å². The highest BCUT2D eigenvalue weighted by Gasteiger charge is 2.50. The molecule has 1 saturated heterocycles. The van der Waals surface area contributed by atoms with Crippen molar-refractivity contribution in [1.29, 1.82) is 5.26 Å². The van der Waals surface area contributed by atoms with Crippen LogP contribution in [0.3, 0.4) is 0 Å². The highest BCUT2D eigenvalue weighted by atomic mass is 19.4. The van der Waals surface area contributed by atoms with Crippen LogP contribution < -0.4 is 19.1 Å². The third-order valence-electron chi connectivity index (χ3n) is 6.03. The monoisotopic (exact) mass is 562 g/mol. The summed E-state index contributed by atoms with van der Waals surface area (Å²) in [5.74, 6) is -3.56. The Morgan fingerprint density at radius 3 is 2.58 bits per heavy atom. The molecule has 0 aliphatic carbocycles. The fourth-order valence-corrected chi connectivity index (χ4v) is 4.21. The maximum atomic E-state index is 15.1. The lowest BCUT2D eigenvalue weighted by Crippen LogP contribution is -2.36. The van der Waals surface area contributed by atoms with Crippen molar-refractivity contribution in [3.63, 3.8) is 0 Å². The van der Waals surface area contributed by atoms with Crippen LogP contribution in [0.2, 0.25) is 0 Å². The Hall–Kier alpha value is -4.81. The minimum absolute atomic E-state index is 0.0321. The van der Waals surface area contributed by atoms with Crippen LogP contribution in [0.25, 0.3) is 22.2 Å². The molecule has 16 heteroatoms. The Kier molecular flexibility index (Phi) is 6.74. The minimum Gasteiger partial charge on any atom is -0.480 e. The number of hydrogen-bond donors (Lipinski definition) is 0. The van der Waals surface area contributed by atoms with Gasteiger partial charge in [0.05, 0.1) is 50.3 Å². The van der Waals surface area contributed by atoms with Crippen LogP contribution >= 0.6 is 0 Å². The zero-order chi connectivity index (χ0) is 28.7. The number of alkyl halides is 5. The summed E-state index contributed by atoms with van der Waals surface area (Å²) in [5.41, 5.74) is 0.730. The van der Waals surface area contributed by atoms with Gasteiger partial charge in [-0.3, -0.25) is 4.68 Å². The first-order valence-electron chi connectivity index (χ1n) is 11.5. The predicted octanol–water partition coefficient (Wildman–Crippen LogP) is 3.64. The predicted molar refractivity (Wildman–Crippen MR) is 128 cm³/mol. The Balaban J connectivity index is 1.43. The average Bonchev–Trinajstić information content (AvgIpc) is 3.45. The first-order chi connectivity index (χ1) is 19.0. The van der Waals surface area contributed by atoms with Gasteiger partial charge >= 0.3 is 18.1 Å². The summed E-state index contributed by atoms with van der Waals surface area (Å²) >= 11 is 0. The van der Waals surface area contributed by atoms with Gasteiger partial charge in [0.15, 0.2) is 6.10 Å². The number of nitrogens with zero attached hydrogens (tertiary/aromatic N) is 8. The van der Waals surface area contributed by atoms with E-state index in [4.69, 9.17) is 14.2 Å². The van der Waals surface area contributed by atoms with E-state index >= 15 is 8.78 Å². The molecule has 40 heavy (non-hydrogen) atoms. The summed E-state index contributed by atoms with van der Waals surface area (Å²) in [6.45, 7) is -2.45. The molecule has 0 radical (unpaired) electrons. The van der Waals surface area contributed by atoms with E-state index in [1.807, 2.05) is 6.07 Å². The topological polar surface area (TPSA) is 124 Å². The molecule has 0 spiro atoms. The van der Waals surface area contributed by atoms with E-state index in [0.717, 1.165) is 6.07 Å². The standard InChI is InChI=1S/C24H19F5N8O3/c1-38-21-16(9-32-22(35-21)39-2)17-4-15(3-14(6-30)34-17)36-10-19(23(25,26)11-36)40-20-5-18-13(7-31-20)8-33-37(18)12-24(27,28)29/h3-5,7-9,19H,10-12H2,1-2H3/t19-/m0/s1. The quantitative estimate of drug-likeness (QED) is 0.309. The van der Waals surface area contributed by atoms with E-state index in [2.05, 4.69) is 25.0 Å². The molecule has 1 aliphatic rings. The number of ether oxygens (including phenoxy) is 3. The molecule has 0 unspecified atom stereocenters. The summed E-state index contributed by atoms with van der Waals surface area (Å²) in [6.07, 6.45) is -2.46. The highest BCUT2D eigenvalue weighted by Crippen LogP contribution is 2.37. The summed E-state index contributed by atoms with van der Waals surface area (Å²) in [7, 11) is 2.74. The van der Waals surface area contributed by atoms with Gasteiger partial charge in [-0.1, -0.05) is 0 Å². The van der Waals surface area contributed by atoms with Gasteiger partial charge in [-0.25, -0.2) is 23.7 Å². The van der Waals surface area contributed by atoms with Crippen molar-refractivity contribution in [2.24, 2.45) is 0 Å². The Labute approximate surface area is 222 Å². The lowest BCUT2D eigenvalue weighted by atomic mass is 10.1. The van der Waals surface area contributed by atoms with Crippen LogP contribution in [0.5, 0.6) is 17.8 Å². The van der Waals surface area contributed by atoms with Gasteiger partial charge in [0.25, 0.3) is 0 Å². The maximum absolute atomic E-state index is 15.1. The molecule has 4 aromatic rings. The molecule has 4 aromatic heterocycles. The van der Waals surface area contributed by atoms with Crippen molar-refractivity contribution in [2.75, 3.05) is 32.2 Å². The molecule has 11 nitrogen and oxygen atoms in total. The Morgan fingerprint density at radius 2 is 1.88 bits per heavy atom. The van der Waals surface area contributed by atoms with E-state index in [-0.39, 0.29) is 46.9 Å². The van der Waals surface area contributed by atoms with Gasteiger partial charge in [-0.2, -0.15) is 28.5 Å². The fourth-order valence-electron chi connectivity index (χ4n) is 4.21. The van der Waals surface area contributed by atoms with Crippen LogP contribution in [0, 0.1) is 11.3 Å². The zero-order valence-corrected chi connectivity index (χ0v) is 20.9. The number of pyridine rings is 2. The lowest BCUT2D eigenvalue weighted by molar-refractivity contribution is -0.141. The summed E-state index contributed by atoms with van der Waals surface area (Å²) in [4.78, 5) is 17.6. The third-order valence-corrected chi connectivity index (χ3v) is 6.03. The molecule has 1 aliphatic heterocycles. The first-order valence-corrected chi connectivity index (χ1v) is 11.5.